The molecule has 0 atom stereocenters. The Morgan fingerprint density at radius 1 is 1.23 bits per heavy atom. The second-order valence-corrected chi connectivity index (χ2v) is 6.29. The zero-order valence-electron chi connectivity index (χ0n) is 15.3. The molecule has 138 valence electrons. The minimum Gasteiger partial charge on any atom is -0.490 e. The van der Waals surface area contributed by atoms with Gasteiger partial charge in [-0.1, -0.05) is 6.92 Å². The summed E-state index contributed by atoms with van der Waals surface area (Å²) in [5, 5.41) is 5.31. The van der Waals surface area contributed by atoms with Crippen LogP contribution in [-0.4, -0.2) is 33.8 Å². The number of fused-ring (bicyclic) bond motifs is 1. The largest absolute Gasteiger partial charge is 0.490 e. The van der Waals surface area contributed by atoms with Crippen LogP contribution in [0.3, 0.4) is 0 Å². The number of nitrogens with zero attached hydrogens (tertiary/aromatic N) is 2. The Kier molecular flexibility index (Phi) is 5.94. The molecule has 2 aromatic heterocycles. The number of aryl methyl sites for hydroxylation is 2. The number of ketones is 1. The van der Waals surface area contributed by atoms with Gasteiger partial charge in [-0.2, -0.15) is 0 Å². The van der Waals surface area contributed by atoms with Gasteiger partial charge in [-0.15, -0.1) is 5.10 Å². The molecule has 6 heteroatoms. The molecular weight excluding hydrogens is 330 g/mol. The molecule has 3 aromatic rings. The first-order chi connectivity index (χ1) is 12.7. The van der Waals surface area contributed by atoms with Gasteiger partial charge in [-0.05, 0) is 36.6 Å². The van der Waals surface area contributed by atoms with Crippen LogP contribution in [0.5, 0.6) is 11.6 Å². The summed E-state index contributed by atoms with van der Waals surface area (Å²) >= 11 is 0. The third-order valence-corrected chi connectivity index (χ3v) is 4.33. The van der Waals surface area contributed by atoms with E-state index in [2.05, 4.69) is 10.1 Å². The Morgan fingerprint density at radius 3 is 2.85 bits per heavy atom. The number of carbonyl (C=O) groups excluding carboxylic acids is 1. The van der Waals surface area contributed by atoms with Gasteiger partial charge in [0.15, 0.2) is 0 Å². The van der Waals surface area contributed by atoms with Gasteiger partial charge in [-0.3, -0.25) is 9.48 Å². The van der Waals surface area contributed by atoms with Gasteiger partial charge in [0, 0.05) is 49.3 Å². The van der Waals surface area contributed by atoms with Gasteiger partial charge < -0.3 is 14.5 Å². The molecule has 0 saturated carbocycles. The number of hydrogen-bond acceptors (Lipinski definition) is 4. The lowest BCUT2D eigenvalue weighted by atomic mass is 10.0. The molecule has 0 amide bonds. The molecule has 0 aliphatic carbocycles. The number of hydrogen-bond donors (Lipinski definition) is 1. The summed E-state index contributed by atoms with van der Waals surface area (Å²) in [5.41, 5.74) is 2.30. The molecule has 0 bridgehead atoms. The van der Waals surface area contributed by atoms with Crippen molar-refractivity contribution < 1.29 is 14.3 Å². The van der Waals surface area contributed by atoms with Gasteiger partial charge in [0.1, 0.15) is 24.7 Å². The van der Waals surface area contributed by atoms with Gasteiger partial charge in [0.25, 0.3) is 0 Å². The molecule has 0 radical (unpaired) electrons. The van der Waals surface area contributed by atoms with Crippen molar-refractivity contribution in [2.45, 2.75) is 32.6 Å². The van der Waals surface area contributed by atoms with Crippen LogP contribution in [0.4, 0.5) is 0 Å². The molecule has 0 spiro atoms. The first-order valence-electron chi connectivity index (χ1n) is 9.02. The SMILES string of the molecule is CCC(=O)CCCc1c[nH]c2ccc(OCCOc3ccn(C)n3)cc12. The van der Waals surface area contributed by atoms with Gasteiger partial charge in [0.2, 0.25) is 5.88 Å². The third kappa shape index (κ3) is 4.65. The van der Waals surface area contributed by atoms with Crippen molar-refractivity contribution in [3.63, 3.8) is 0 Å². The maximum Gasteiger partial charge on any atom is 0.232 e. The second kappa shape index (κ2) is 8.56. The molecule has 2 heterocycles. The van der Waals surface area contributed by atoms with E-state index >= 15 is 0 Å². The smallest absolute Gasteiger partial charge is 0.232 e. The van der Waals surface area contributed by atoms with Crippen LogP contribution in [-0.2, 0) is 18.3 Å². The summed E-state index contributed by atoms with van der Waals surface area (Å²) in [6.45, 7) is 2.80. The molecular formula is C20H25N3O3. The van der Waals surface area contributed by atoms with Crippen LogP contribution in [0.25, 0.3) is 10.9 Å². The molecule has 1 aromatic carbocycles. The molecule has 1 N–H and O–H groups in total. The monoisotopic (exact) mass is 355 g/mol. The van der Waals surface area contributed by atoms with Crippen molar-refractivity contribution >= 4 is 16.7 Å². The fourth-order valence-electron chi connectivity index (χ4n) is 2.88. The highest BCUT2D eigenvalue weighted by atomic mass is 16.5. The number of nitrogens with one attached hydrogen (secondary N) is 1. The van der Waals surface area contributed by atoms with Gasteiger partial charge in [0.05, 0.1) is 0 Å². The molecule has 6 nitrogen and oxygen atoms in total. The minimum absolute atomic E-state index is 0.321. The fourth-order valence-corrected chi connectivity index (χ4v) is 2.88. The summed E-state index contributed by atoms with van der Waals surface area (Å²) in [4.78, 5) is 14.7. The third-order valence-electron chi connectivity index (χ3n) is 4.33. The number of benzene rings is 1. The predicted molar refractivity (Wildman–Crippen MR) is 101 cm³/mol. The highest BCUT2D eigenvalue weighted by Gasteiger charge is 2.07. The lowest BCUT2D eigenvalue weighted by Gasteiger charge is -2.07. The van der Waals surface area contributed by atoms with Crippen molar-refractivity contribution in [2.75, 3.05) is 13.2 Å². The predicted octanol–water partition coefficient (Wildman–Crippen LogP) is 3.66. The topological polar surface area (TPSA) is 69.1 Å². The number of rotatable bonds is 10. The zero-order chi connectivity index (χ0) is 18.4. The summed E-state index contributed by atoms with van der Waals surface area (Å²) in [6, 6.07) is 7.83. The lowest BCUT2D eigenvalue weighted by molar-refractivity contribution is -0.118. The highest BCUT2D eigenvalue weighted by molar-refractivity contribution is 5.84. The Balaban J connectivity index is 1.53. The average molecular weight is 355 g/mol. The van der Waals surface area contributed by atoms with Crippen LogP contribution in [0.15, 0.2) is 36.7 Å². The second-order valence-electron chi connectivity index (χ2n) is 6.29. The van der Waals surface area contributed by atoms with Crippen molar-refractivity contribution in [3.05, 3.63) is 42.2 Å². The van der Waals surface area contributed by atoms with E-state index in [0.29, 0.717) is 37.7 Å². The Labute approximate surface area is 153 Å². The summed E-state index contributed by atoms with van der Waals surface area (Å²) in [6.07, 6.45) is 6.89. The van der Waals surface area contributed by atoms with Crippen LogP contribution in [0.2, 0.25) is 0 Å². The Hall–Kier alpha value is -2.76. The molecule has 0 aliphatic rings. The van der Waals surface area contributed by atoms with E-state index in [1.165, 1.54) is 5.56 Å². The molecule has 0 unspecified atom stereocenters. The average Bonchev–Trinajstić information content (AvgIpc) is 3.24. The van der Waals surface area contributed by atoms with Crippen LogP contribution in [0, 0.1) is 0 Å². The van der Waals surface area contributed by atoms with Crippen LogP contribution >= 0.6 is 0 Å². The minimum atomic E-state index is 0.321. The van der Waals surface area contributed by atoms with E-state index in [0.717, 1.165) is 29.5 Å². The highest BCUT2D eigenvalue weighted by Crippen LogP contribution is 2.25. The maximum atomic E-state index is 11.5. The molecule has 26 heavy (non-hydrogen) atoms. The number of aromatic nitrogens is 3. The zero-order valence-corrected chi connectivity index (χ0v) is 15.3. The first-order valence-corrected chi connectivity index (χ1v) is 9.02. The summed E-state index contributed by atoms with van der Waals surface area (Å²) < 4.78 is 13.0. The Bertz CT molecular complexity index is 866. The van der Waals surface area contributed by atoms with E-state index in [1.54, 1.807) is 4.68 Å². The quantitative estimate of drug-likeness (QED) is 0.564. The lowest BCUT2D eigenvalue weighted by Crippen LogP contribution is -2.09. The van der Waals surface area contributed by atoms with E-state index in [1.807, 2.05) is 50.6 Å². The fraction of sp³-hybridized carbons (Fsp3) is 0.400. The van der Waals surface area contributed by atoms with E-state index in [-0.39, 0.29) is 0 Å². The number of Topliss-reactive ketones (excluding diaryl/α,β-unsaturated/α-hetero) is 1. The maximum absolute atomic E-state index is 11.5. The van der Waals surface area contributed by atoms with Crippen molar-refractivity contribution in [3.8, 4) is 11.6 Å². The summed E-state index contributed by atoms with van der Waals surface area (Å²) in [7, 11) is 1.85. The van der Waals surface area contributed by atoms with Gasteiger partial charge >= 0.3 is 0 Å². The van der Waals surface area contributed by atoms with Gasteiger partial charge in [-0.25, -0.2) is 0 Å². The first kappa shape index (κ1) is 18.0. The van der Waals surface area contributed by atoms with E-state index in [4.69, 9.17) is 9.47 Å². The van der Waals surface area contributed by atoms with Crippen molar-refractivity contribution in [2.24, 2.45) is 7.05 Å². The summed E-state index contributed by atoms with van der Waals surface area (Å²) in [5.74, 6) is 1.73. The molecule has 0 fully saturated rings. The Morgan fingerprint density at radius 2 is 2.08 bits per heavy atom. The standard InChI is InChI=1S/C20H25N3O3/c1-3-16(24)6-4-5-15-14-21-19-8-7-17(13-18(15)19)25-11-12-26-20-9-10-23(2)22-20/h7-10,13-14,21H,3-6,11-12H2,1-2H3. The molecule has 3 rings (SSSR count). The van der Waals surface area contributed by atoms with Crippen LogP contribution in [0.1, 0.15) is 31.7 Å². The van der Waals surface area contributed by atoms with E-state index in [9.17, 15) is 4.79 Å². The number of carbonyl (C=O) groups is 1. The number of aromatic amines is 1. The van der Waals surface area contributed by atoms with Crippen molar-refractivity contribution in [1.82, 2.24) is 14.8 Å². The molecule has 0 aliphatic heterocycles. The molecule has 0 saturated heterocycles. The van der Waals surface area contributed by atoms with Crippen LogP contribution < -0.4 is 9.47 Å². The normalized spacial score (nSPS) is 11.0. The van der Waals surface area contributed by atoms with Crippen molar-refractivity contribution in [1.29, 1.82) is 0 Å². The number of H-pyrrole nitrogens is 1. The van der Waals surface area contributed by atoms with E-state index < -0.39 is 0 Å². The number of ether oxygens (including phenoxy) is 2.